The van der Waals surface area contributed by atoms with E-state index in [9.17, 15) is 14.0 Å². The van der Waals surface area contributed by atoms with E-state index in [2.05, 4.69) is 0 Å². The zero-order chi connectivity index (χ0) is 17.1. The maximum atomic E-state index is 13.2. The molecule has 1 heterocycles. The summed E-state index contributed by atoms with van der Waals surface area (Å²) in [6.07, 6.45) is 0.858. The largest absolute Gasteiger partial charge is 0.449 e. The summed E-state index contributed by atoms with van der Waals surface area (Å²) in [4.78, 5) is 26.4. The van der Waals surface area contributed by atoms with Gasteiger partial charge >= 0.3 is 5.97 Å². The molecule has 0 radical (unpaired) electrons. The molecule has 0 bridgehead atoms. The molecule has 5 heteroatoms. The lowest BCUT2D eigenvalue weighted by atomic mass is 10.0. The zero-order valence-electron chi connectivity index (χ0n) is 13.4. The molecule has 2 aromatic rings. The van der Waals surface area contributed by atoms with Gasteiger partial charge in [0.2, 0.25) is 0 Å². The van der Waals surface area contributed by atoms with Crippen molar-refractivity contribution in [2.45, 2.75) is 25.9 Å². The number of rotatable bonds is 3. The van der Waals surface area contributed by atoms with Crippen LogP contribution in [0.15, 0.2) is 48.5 Å². The first-order chi connectivity index (χ1) is 11.6. The number of carbonyl (C=O) groups excluding carboxylic acids is 2. The summed E-state index contributed by atoms with van der Waals surface area (Å²) in [7, 11) is 0. The van der Waals surface area contributed by atoms with E-state index in [4.69, 9.17) is 4.74 Å². The van der Waals surface area contributed by atoms with Crippen LogP contribution < -0.4 is 4.90 Å². The van der Waals surface area contributed by atoms with Crippen molar-refractivity contribution in [1.29, 1.82) is 0 Å². The Bertz CT molecular complexity index is 775. The van der Waals surface area contributed by atoms with Gasteiger partial charge in [-0.2, -0.15) is 0 Å². The summed E-state index contributed by atoms with van der Waals surface area (Å²) in [5.41, 5.74) is 2.07. The van der Waals surface area contributed by atoms with Gasteiger partial charge in [-0.1, -0.05) is 24.3 Å². The number of aryl methyl sites for hydroxylation is 1. The molecule has 124 valence electrons. The van der Waals surface area contributed by atoms with Gasteiger partial charge in [-0.15, -0.1) is 0 Å². The molecule has 0 aromatic heterocycles. The van der Waals surface area contributed by atoms with Crippen LogP contribution in [0.25, 0.3) is 0 Å². The van der Waals surface area contributed by atoms with Crippen molar-refractivity contribution in [3.05, 3.63) is 65.5 Å². The lowest BCUT2D eigenvalue weighted by Crippen LogP contribution is -2.42. The number of para-hydroxylation sites is 1. The van der Waals surface area contributed by atoms with Gasteiger partial charge in [-0.05, 0) is 49.6 Å². The summed E-state index contributed by atoms with van der Waals surface area (Å²) in [6.45, 7) is 2.13. The Morgan fingerprint density at radius 3 is 2.75 bits per heavy atom. The maximum Gasteiger partial charge on any atom is 0.339 e. The van der Waals surface area contributed by atoms with Crippen LogP contribution in [0.3, 0.4) is 0 Å². The summed E-state index contributed by atoms with van der Waals surface area (Å²) in [5.74, 6) is -1.50. The minimum Gasteiger partial charge on any atom is -0.449 e. The van der Waals surface area contributed by atoms with Gasteiger partial charge in [-0.3, -0.25) is 4.79 Å². The fourth-order valence-corrected chi connectivity index (χ4v) is 2.88. The molecule has 2 aromatic carbocycles. The Labute approximate surface area is 139 Å². The molecular weight excluding hydrogens is 309 g/mol. The third-order valence-corrected chi connectivity index (χ3v) is 4.07. The van der Waals surface area contributed by atoms with E-state index in [1.807, 2.05) is 24.3 Å². The predicted molar refractivity (Wildman–Crippen MR) is 88.4 cm³/mol. The fraction of sp³-hybridized carbons (Fsp3) is 0.263. The van der Waals surface area contributed by atoms with Gasteiger partial charge in [-0.25, -0.2) is 9.18 Å². The van der Waals surface area contributed by atoms with Crippen molar-refractivity contribution in [2.75, 3.05) is 11.4 Å². The normalized spacial score (nSPS) is 14.7. The van der Waals surface area contributed by atoms with Crippen LogP contribution in [0, 0.1) is 5.82 Å². The number of anilines is 1. The first-order valence-electron chi connectivity index (χ1n) is 7.92. The van der Waals surface area contributed by atoms with E-state index in [1.165, 1.54) is 25.1 Å². The van der Waals surface area contributed by atoms with E-state index in [-0.39, 0.29) is 11.5 Å². The molecule has 0 N–H and O–H groups in total. The highest BCUT2D eigenvalue weighted by atomic mass is 19.1. The third kappa shape index (κ3) is 3.30. The molecule has 0 saturated heterocycles. The molecule has 0 spiro atoms. The van der Waals surface area contributed by atoms with Crippen molar-refractivity contribution in [2.24, 2.45) is 0 Å². The lowest BCUT2D eigenvalue weighted by molar-refractivity contribution is -0.126. The van der Waals surface area contributed by atoms with Crippen molar-refractivity contribution in [3.63, 3.8) is 0 Å². The van der Waals surface area contributed by atoms with Gasteiger partial charge in [0.1, 0.15) is 5.82 Å². The number of hydrogen-bond donors (Lipinski definition) is 0. The Morgan fingerprint density at radius 2 is 1.96 bits per heavy atom. The van der Waals surface area contributed by atoms with E-state index < -0.39 is 17.9 Å². The van der Waals surface area contributed by atoms with E-state index in [0.717, 1.165) is 30.2 Å². The Kier molecular flexibility index (Phi) is 4.60. The zero-order valence-corrected chi connectivity index (χ0v) is 13.4. The molecule has 1 atom stereocenters. The molecule has 1 amide bonds. The van der Waals surface area contributed by atoms with Gasteiger partial charge in [0.05, 0.1) is 5.56 Å². The summed E-state index contributed by atoms with van der Waals surface area (Å²) in [6, 6.07) is 12.9. The Balaban J connectivity index is 1.73. The van der Waals surface area contributed by atoms with Crippen LogP contribution in [0.5, 0.6) is 0 Å². The number of nitrogens with zero attached hydrogens (tertiary/aromatic N) is 1. The fourth-order valence-electron chi connectivity index (χ4n) is 2.88. The molecule has 1 aliphatic rings. The summed E-state index contributed by atoms with van der Waals surface area (Å²) >= 11 is 0. The number of carbonyl (C=O) groups is 2. The first kappa shape index (κ1) is 16.2. The highest BCUT2D eigenvalue weighted by Gasteiger charge is 2.28. The highest BCUT2D eigenvalue weighted by molar-refractivity contribution is 5.99. The first-order valence-corrected chi connectivity index (χ1v) is 7.92. The monoisotopic (exact) mass is 327 g/mol. The molecule has 24 heavy (non-hydrogen) atoms. The summed E-state index contributed by atoms with van der Waals surface area (Å²) < 4.78 is 18.4. The van der Waals surface area contributed by atoms with Crippen LogP contribution in [0.2, 0.25) is 0 Å². The predicted octanol–water partition coefficient (Wildman–Crippen LogP) is 3.35. The molecule has 1 aliphatic heterocycles. The average Bonchev–Trinajstić information content (AvgIpc) is 2.60. The second-order valence-electron chi connectivity index (χ2n) is 5.78. The number of hydrogen-bond acceptors (Lipinski definition) is 3. The van der Waals surface area contributed by atoms with Crippen molar-refractivity contribution in [3.8, 4) is 0 Å². The molecule has 3 rings (SSSR count). The van der Waals surface area contributed by atoms with Crippen molar-refractivity contribution >= 4 is 17.6 Å². The van der Waals surface area contributed by atoms with Crippen LogP contribution in [-0.4, -0.2) is 24.5 Å². The molecule has 0 aliphatic carbocycles. The van der Waals surface area contributed by atoms with Gasteiger partial charge < -0.3 is 9.64 Å². The molecular formula is C19H18FNO3. The SMILES string of the molecule is CC(OC(=O)c1cccc(F)c1)C(=O)N1CCCc2ccccc21. The minimum atomic E-state index is -0.938. The number of amides is 1. The second kappa shape index (κ2) is 6.83. The van der Waals surface area contributed by atoms with E-state index >= 15 is 0 Å². The minimum absolute atomic E-state index is 0.0914. The number of halogens is 1. The molecule has 0 fully saturated rings. The van der Waals surface area contributed by atoms with E-state index in [0.29, 0.717) is 6.54 Å². The molecule has 0 saturated carbocycles. The van der Waals surface area contributed by atoms with Gasteiger partial charge in [0, 0.05) is 12.2 Å². The Hall–Kier alpha value is -2.69. The van der Waals surface area contributed by atoms with Crippen LogP contribution in [0.4, 0.5) is 10.1 Å². The number of esters is 1. The smallest absolute Gasteiger partial charge is 0.339 e. The molecule has 4 nitrogen and oxygen atoms in total. The highest BCUT2D eigenvalue weighted by Crippen LogP contribution is 2.27. The van der Waals surface area contributed by atoms with Gasteiger partial charge in [0.15, 0.2) is 6.10 Å². The maximum absolute atomic E-state index is 13.2. The third-order valence-electron chi connectivity index (χ3n) is 4.07. The molecule has 1 unspecified atom stereocenters. The van der Waals surface area contributed by atoms with Crippen LogP contribution >= 0.6 is 0 Å². The number of ether oxygens (including phenoxy) is 1. The average molecular weight is 327 g/mol. The van der Waals surface area contributed by atoms with Crippen molar-refractivity contribution < 1.29 is 18.7 Å². The summed E-state index contributed by atoms with van der Waals surface area (Å²) in [5, 5.41) is 0. The van der Waals surface area contributed by atoms with Crippen LogP contribution in [-0.2, 0) is 16.0 Å². The number of benzene rings is 2. The van der Waals surface area contributed by atoms with Crippen molar-refractivity contribution in [1.82, 2.24) is 0 Å². The Morgan fingerprint density at radius 1 is 1.17 bits per heavy atom. The lowest BCUT2D eigenvalue weighted by Gasteiger charge is -2.31. The second-order valence-corrected chi connectivity index (χ2v) is 5.78. The van der Waals surface area contributed by atoms with Gasteiger partial charge in [0.25, 0.3) is 5.91 Å². The van der Waals surface area contributed by atoms with Crippen LogP contribution in [0.1, 0.15) is 29.3 Å². The quantitative estimate of drug-likeness (QED) is 0.812. The van der Waals surface area contributed by atoms with E-state index in [1.54, 1.807) is 4.90 Å². The topological polar surface area (TPSA) is 46.6 Å². The standard InChI is InChI=1S/C19H18FNO3/c1-13(24-19(23)15-7-4-9-16(20)12-15)18(22)21-11-5-8-14-6-2-3-10-17(14)21/h2-4,6-7,9-10,12-13H,5,8,11H2,1H3. The number of fused-ring (bicyclic) bond motifs is 1.